The van der Waals surface area contributed by atoms with E-state index in [1.165, 1.54) is 30.1 Å². The van der Waals surface area contributed by atoms with E-state index in [1.54, 1.807) is 0 Å². The Morgan fingerprint density at radius 3 is 3.46 bits per heavy atom. The van der Waals surface area contributed by atoms with Gasteiger partial charge in [-0.15, -0.1) is 0 Å². The zero-order chi connectivity index (χ0) is 9.10. The molecule has 1 aliphatic rings. The van der Waals surface area contributed by atoms with E-state index in [1.807, 2.05) is 18.0 Å². The highest BCUT2D eigenvalue weighted by atomic mass is 32.2. The molecule has 0 spiro atoms. The molecule has 0 bridgehead atoms. The molecule has 4 heteroatoms. The molecule has 72 valence electrons. The van der Waals surface area contributed by atoms with E-state index in [-0.39, 0.29) is 0 Å². The van der Waals surface area contributed by atoms with Gasteiger partial charge < -0.3 is 0 Å². The Hall–Kier alpha value is -0.480. The molecule has 0 amide bonds. The lowest BCUT2D eigenvalue weighted by atomic mass is 10.1. The van der Waals surface area contributed by atoms with E-state index >= 15 is 0 Å². The van der Waals surface area contributed by atoms with Crippen molar-refractivity contribution in [3.63, 3.8) is 0 Å². The summed E-state index contributed by atoms with van der Waals surface area (Å²) in [6, 6.07) is 0. The van der Waals surface area contributed by atoms with Crippen LogP contribution in [0.5, 0.6) is 0 Å². The summed E-state index contributed by atoms with van der Waals surface area (Å²) in [6.45, 7) is 3.43. The average Bonchev–Trinajstić information content (AvgIpc) is 2.61. The zero-order valence-corrected chi connectivity index (χ0v) is 8.73. The summed E-state index contributed by atoms with van der Waals surface area (Å²) in [5.74, 6) is 1.23. The molecule has 0 aliphatic carbocycles. The number of fused-ring (bicyclic) bond motifs is 1. The van der Waals surface area contributed by atoms with Crippen LogP contribution in [-0.2, 0) is 13.0 Å². The lowest BCUT2D eigenvalue weighted by molar-refractivity contribution is 0.267. The zero-order valence-electron chi connectivity index (χ0n) is 7.92. The van der Waals surface area contributed by atoms with Crippen LogP contribution in [-0.4, -0.2) is 40.2 Å². The second kappa shape index (κ2) is 4.15. The number of aromatic amines is 1. The van der Waals surface area contributed by atoms with Crippen LogP contribution < -0.4 is 0 Å². The molecule has 13 heavy (non-hydrogen) atoms. The molecule has 0 saturated heterocycles. The molecule has 0 atom stereocenters. The molecule has 0 radical (unpaired) electrons. The Kier molecular flexibility index (Phi) is 2.90. The number of thioether (sulfide) groups is 1. The SMILES string of the molecule is CSCCN1CCc2cn[nH]c2C1. The van der Waals surface area contributed by atoms with Crippen LogP contribution in [0.2, 0.25) is 0 Å². The summed E-state index contributed by atoms with van der Waals surface area (Å²) < 4.78 is 0. The number of rotatable bonds is 3. The Morgan fingerprint density at radius 2 is 2.62 bits per heavy atom. The molecule has 3 nitrogen and oxygen atoms in total. The fourth-order valence-corrected chi connectivity index (χ4v) is 2.12. The molecule has 2 heterocycles. The lowest BCUT2D eigenvalue weighted by Crippen LogP contribution is -2.32. The molecular weight excluding hydrogens is 182 g/mol. The monoisotopic (exact) mass is 197 g/mol. The number of nitrogens with one attached hydrogen (secondary N) is 1. The van der Waals surface area contributed by atoms with Gasteiger partial charge in [0.1, 0.15) is 0 Å². The molecule has 0 unspecified atom stereocenters. The summed E-state index contributed by atoms with van der Waals surface area (Å²) in [6.07, 6.45) is 5.27. The van der Waals surface area contributed by atoms with Crippen LogP contribution in [0.15, 0.2) is 6.20 Å². The van der Waals surface area contributed by atoms with E-state index in [4.69, 9.17) is 0 Å². The van der Waals surface area contributed by atoms with Crippen molar-refractivity contribution in [3.05, 3.63) is 17.5 Å². The van der Waals surface area contributed by atoms with E-state index in [0.29, 0.717) is 0 Å². The number of nitrogens with zero attached hydrogens (tertiary/aromatic N) is 2. The van der Waals surface area contributed by atoms with Gasteiger partial charge in [-0.1, -0.05) is 0 Å². The van der Waals surface area contributed by atoms with Crippen molar-refractivity contribution >= 4 is 11.8 Å². The number of hydrogen-bond donors (Lipinski definition) is 1. The first-order chi connectivity index (χ1) is 6.40. The van der Waals surface area contributed by atoms with Crippen LogP contribution in [0.4, 0.5) is 0 Å². The normalized spacial score (nSPS) is 17.3. The van der Waals surface area contributed by atoms with Crippen molar-refractivity contribution in [3.8, 4) is 0 Å². The summed E-state index contributed by atoms with van der Waals surface area (Å²) >= 11 is 1.91. The third-order valence-electron chi connectivity index (χ3n) is 2.50. The maximum absolute atomic E-state index is 4.06. The van der Waals surface area contributed by atoms with Gasteiger partial charge in [0.25, 0.3) is 0 Å². The van der Waals surface area contributed by atoms with Gasteiger partial charge in [-0.05, 0) is 18.2 Å². The maximum atomic E-state index is 4.06. The summed E-state index contributed by atoms with van der Waals surface area (Å²) in [4.78, 5) is 2.48. The fourth-order valence-electron chi connectivity index (χ4n) is 1.68. The Morgan fingerprint density at radius 1 is 1.69 bits per heavy atom. The van der Waals surface area contributed by atoms with Gasteiger partial charge in [-0.3, -0.25) is 10.00 Å². The lowest BCUT2D eigenvalue weighted by Gasteiger charge is -2.25. The minimum absolute atomic E-state index is 1.05. The predicted molar refractivity (Wildman–Crippen MR) is 56.0 cm³/mol. The second-order valence-corrected chi connectivity index (χ2v) is 4.38. The first kappa shape index (κ1) is 9.09. The maximum Gasteiger partial charge on any atom is 0.0524 e. The van der Waals surface area contributed by atoms with Crippen molar-refractivity contribution < 1.29 is 0 Å². The Balaban J connectivity index is 1.93. The Bertz CT molecular complexity index is 272. The fraction of sp³-hybridized carbons (Fsp3) is 0.667. The molecule has 0 aromatic carbocycles. The number of H-pyrrole nitrogens is 1. The highest BCUT2D eigenvalue weighted by Crippen LogP contribution is 2.15. The third-order valence-corrected chi connectivity index (χ3v) is 3.09. The van der Waals surface area contributed by atoms with Crippen LogP contribution in [0, 0.1) is 0 Å². The Labute approximate surface area is 82.9 Å². The summed E-state index contributed by atoms with van der Waals surface area (Å²) in [5, 5.41) is 7.13. The first-order valence-electron chi connectivity index (χ1n) is 4.62. The van der Waals surface area contributed by atoms with Gasteiger partial charge in [0.2, 0.25) is 0 Å². The van der Waals surface area contributed by atoms with Gasteiger partial charge >= 0.3 is 0 Å². The summed E-state index contributed by atoms with van der Waals surface area (Å²) in [7, 11) is 0. The average molecular weight is 197 g/mol. The molecule has 1 N–H and O–H groups in total. The standard InChI is InChI=1S/C9H15N3S/c1-13-5-4-12-3-2-8-6-10-11-9(8)7-12/h6H,2-5,7H2,1H3,(H,10,11). The van der Waals surface area contributed by atoms with Crippen LogP contribution in [0.1, 0.15) is 11.3 Å². The van der Waals surface area contributed by atoms with E-state index in [2.05, 4.69) is 21.4 Å². The highest BCUT2D eigenvalue weighted by Gasteiger charge is 2.16. The molecule has 1 aromatic rings. The van der Waals surface area contributed by atoms with Crippen LogP contribution >= 0.6 is 11.8 Å². The quantitative estimate of drug-likeness (QED) is 0.788. The molecule has 1 aliphatic heterocycles. The van der Waals surface area contributed by atoms with Gasteiger partial charge in [-0.25, -0.2) is 0 Å². The highest BCUT2D eigenvalue weighted by molar-refractivity contribution is 7.98. The van der Waals surface area contributed by atoms with E-state index in [9.17, 15) is 0 Å². The van der Waals surface area contributed by atoms with Crippen LogP contribution in [0.25, 0.3) is 0 Å². The van der Waals surface area contributed by atoms with Gasteiger partial charge in [-0.2, -0.15) is 16.9 Å². The predicted octanol–water partition coefficient (Wildman–Crippen LogP) is 1.13. The molecular formula is C9H15N3S. The first-order valence-corrected chi connectivity index (χ1v) is 6.02. The van der Waals surface area contributed by atoms with E-state index < -0.39 is 0 Å². The minimum atomic E-state index is 1.05. The van der Waals surface area contributed by atoms with E-state index in [0.717, 1.165) is 13.0 Å². The van der Waals surface area contributed by atoms with Crippen LogP contribution in [0.3, 0.4) is 0 Å². The van der Waals surface area contributed by atoms with Gasteiger partial charge in [0.05, 0.1) is 11.9 Å². The summed E-state index contributed by atoms with van der Waals surface area (Å²) in [5.41, 5.74) is 2.72. The largest absolute Gasteiger partial charge is 0.296 e. The second-order valence-electron chi connectivity index (χ2n) is 3.39. The van der Waals surface area contributed by atoms with Gasteiger partial charge in [0, 0.05) is 25.4 Å². The molecule has 1 aromatic heterocycles. The smallest absolute Gasteiger partial charge is 0.0524 e. The molecule has 0 fully saturated rings. The number of aromatic nitrogens is 2. The topological polar surface area (TPSA) is 31.9 Å². The van der Waals surface area contributed by atoms with Crippen molar-refractivity contribution in [1.82, 2.24) is 15.1 Å². The molecule has 0 saturated carbocycles. The van der Waals surface area contributed by atoms with Gasteiger partial charge in [0.15, 0.2) is 0 Å². The van der Waals surface area contributed by atoms with Crippen molar-refractivity contribution in [2.75, 3.05) is 25.1 Å². The van der Waals surface area contributed by atoms with Crippen molar-refractivity contribution in [2.24, 2.45) is 0 Å². The molecule has 2 rings (SSSR count). The number of hydrogen-bond acceptors (Lipinski definition) is 3. The minimum Gasteiger partial charge on any atom is -0.296 e. The van der Waals surface area contributed by atoms with Crippen molar-refractivity contribution in [1.29, 1.82) is 0 Å². The van der Waals surface area contributed by atoms with Crippen molar-refractivity contribution in [2.45, 2.75) is 13.0 Å². The third kappa shape index (κ3) is 2.06.